The van der Waals surface area contributed by atoms with E-state index >= 15 is 0 Å². The molecule has 0 bridgehead atoms. The number of primary amides is 1. The van der Waals surface area contributed by atoms with Crippen LogP contribution in [0.15, 0.2) is 0 Å². The van der Waals surface area contributed by atoms with Crippen molar-refractivity contribution in [1.29, 1.82) is 0 Å². The van der Waals surface area contributed by atoms with Crippen LogP contribution in [0, 0.1) is 0 Å². The van der Waals surface area contributed by atoms with Gasteiger partial charge in [0.25, 0.3) is 5.91 Å². The average Bonchev–Trinajstić information content (AvgIpc) is 2.32. The summed E-state index contributed by atoms with van der Waals surface area (Å²) in [6.07, 6.45) is 1.02. The standard InChI is InChI=1S/C11H22N4O3/c1-18-9(6-12)11(17)14-8-2-4-15(5-3-8)7-10(13)16/h8-9H,2-7,12H2,1H3,(H2,13,16)(H,14,17). The predicted octanol–water partition coefficient (Wildman–Crippen LogP) is -1.97. The third-order valence-electron chi connectivity index (χ3n) is 3.10. The van der Waals surface area contributed by atoms with E-state index in [0.29, 0.717) is 0 Å². The molecule has 0 saturated carbocycles. The second-order valence-corrected chi connectivity index (χ2v) is 4.49. The number of nitrogens with two attached hydrogens (primary N) is 2. The third kappa shape index (κ3) is 4.59. The highest BCUT2D eigenvalue weighted by Crippen LogP contribution is 2.10. The van der Waals surface area contributed by atoms with Crippen LogP contribution in [0.5, 0.6) is 0 Å². The maximum Gasteiger partial charge on any atom is 0.250 e. The van der Waals surface area contributed by atoms with Crippen LogP contribution in [0.3, 0.4) is 0 Å². The molecule has 7 nitrogen and oxygen atoms in total. The predicted molar refractivity (Wildman–Crippen MR) is 66.7 cm³/mol. The van der Waals surface area contributed by atoms with E-state index in [1.165, 1.54) is 7.11 Å². The van der Waals surface area contributed by atoms with Crippen molar-refractivity contribution in [1.82, 2.24) is 10.2 Å². The summed E-state index contributed by atoms with van der Waals surface area (Å²) in [7, 11) is 1.46. The molecule has 0 aromatic carbocycles. The highest BCUT2D eigenvalue weighted by Gasteiger charge is 2.24. The number of amides is 2. The fourth-order valence-corrected chi connectivity index (χ4v) is 2.06. The Morgan fingerprint density at radius 3 is 2.50 bits per heavy atom. The van der Waals surface area contributed by atoms with Crippen molar-refractivity contribution in [3.8, 4) is 0 Å². The molecule has 0 spiro atoms. The first-order valence-corrected chi connectivity index (χ1v) is 6.10. The fourth-order valence-electron chi connectivity index (χ4n) is 2.06. The molecule has 0 aromatic rings. The first kappa shape index (κ1) is 14.9. The van der Waals surface area contributed by atoms with Crippen molar-refractivity contribution in [2.24, 2.45) is 11.5 Å². The lowest BCUT2D eigenvalue weighted by Crippen LogP contribution is -2.50. The Morgan fingerprint density at radius 1 is 1.44 bits per heavy atom. The lowest BCUT2D eigenvalue weighted by atomic mass is 10.0. The van der Waals surface area contributed by atoms with Gasteiger partial charge in [-0.3, -0.25) is 14.5 Å². The summed E-state index contributed by atoms with van der Waals surface area (Å²) in [5.41, 5.74) is 10.6. The van der Waals surface area contributed by atoms with Gasteiger partial charge in [0.05, 0.1) is 6.54 Å². The molecule has 104 valence electrons. The first-order valence-electron chi connectivity index (χ1n) is 6.10. The van der Waals surface area contributed by atoms with Crippen LogP contribution >= 0.6 is 0 Å². The Balaban J connectivity index is 2.31. The number of ether oxygens (including phenoxy) is 1. The maximum absolute atomic E-state index is 11.7. The second kappa shape index (κ2) is 7.30. The summed E-state index contributed by atoms with van der Waals surface area (Å²) < 4.78 is 4.97. The van der Waals surface area contributed by atoms with E-state index in [1.54, 1.807) is 0 Å². The normalized spacial score (nSPS) is 19.4. The minimum atomic E-state index is -0.589. The molecule has 7 heteroatoms. The van der Waals surface area contributed by atoms with Gasteiger partial charge in [0.1, 0.15) is 6.10 Å². The third-order valence-corrected chi connectivity index (χ3v) is 3.10. The average molecular weight is 258 g/mol. The summed E-state index contributed by atoms with van der Waals surface area (Å²) in [4.78, 5) is 24.5. The molecule has 1 aliphatic rings. The van der Waals surface area contributed by atoms with Crippen molar-refractivity contribution < 1.29 is 14.3 Å². The van der Waals surface area contributed by atoms with Crippen LogP contribution in [-0.4, -0.2) is 62.1 Å². The summed E-state index contributed by atoms with van der Waals surface area (Å²) in [6, 6.07) is 0.117. The molecule has 0 radical (unpaired) electrons. The Morgan fingerprint density at radius 2 is 2.06 bits per heavy atom. The van der Waals surface area contributed by atoms with Crippen LogP contribution in [0.2, 0.25) is 0 Å². The van der Waals surface area contributed by atoms with Gasteiger partial charge in [0.15, 0.2) is 0 Å². The van der Waals surface area contributed by atoms with Gasteiger partial charge >= 0.3 is 0 Å². The van der Waals surface area contributed by atoms with E-state index in [2.05, 4.69) is 5.32 Å². The quantitative estimate of drug-likeness (QED) is 0.511. The number of methoxy groups -OCH3 is 1. The molecule has 0 aliphatic carbocycles. The number of nitrogens with one attached hydrogen (secondary N) is 1. The van der Waals surface area contributed by atoms with Gasteiger partial charge in [-0.1, -0.05) is 0 Å². The molecule has 1 unspecified atom stereocenters. The van der Waals surface area contributed by atoms with Crippen LogP contribution in [-0.2, 0) is 14.3 Å². The van der Waals surface area contributed by atoms with Gasteiger partial charge in [-0.2, -0.15) is 0 Å². The first-order chi connectivity index (χ1) is 8.56. The summed E-state index contributed by atoms with van der Waals surface area (Å²) in [5, 5.41) is 2.91. The minimum absolute atomic E-state index is 0.117. The zero-order valence-electron chi connectivity index (χ0n) is 10.7. The van der Waals surface area contributed by atoms with Crippen molar-refractivity contribution in [2.45, 2.75) is 25.0 Å². The van der Waals surface area contributed by atoms with Crippen molar-refractivity contribution in [3.05, 3.63) is 0 Å². The highest BCUT2D eigenvalue weighted by molar-refractivity contribution is 5.81. The molecular formula is C11H22N4O3. The lowest BCUT2D eigenvalue weighted by molar-refractivity contribution is -0.131. The Bertz CT molecular complexity index is 286. The number of likely N-dealkylation sites (tertiary alicyclic amines) is 1. The smallest absolute Gasteiger partial charge is 0.250 e. The largest absolute Gasteiger partial charge is 0.370 e. The van der Waals surface area contributed by atoms with E-state index in [1.807, 2.05) is 4.90 Å². The molecule has 18 heavy (non-hydrogen) atoms. The molecule has 1 aliphatic heterocycles. The molecule has 0 aromatic heterocycles. The zero-order valence-corrected chi connectivity index (χ0v) is 10.7. The number of carbonyl (C=O) groups is 2. The van der Waals surface area contributed by atoms with E-state index < -0.39 is 6.10 Å². The number of rotatable bonds is 6. The molecule has 1 atom stereocenters. The van der Waals surface area contributed by atoms with E-state index in [9.17, 15) is 9.59 Å². The van der Waals surface area contributed by atoms with Crippen molar-refractivity contribution >= 4 is 11.8 Å². The molecular weight excluding hydrogens is 236 g/mol. The molecule has 2 amide bonds. The van der Waals surface area contributed by atoms with Crippen LogP contribution in [0.25, 0.3) is 0 Å². The maximum atomic E-state index is 11.7. The van der Waals surface area contributed by atoms with E-state index in [0.717, 1.165) is 25.9 Å². The fraction of sp³-hybridized carbons (Fsp3) is 0.818. The molecule has 1 rings (SSSR count). The number of hydrogen-bond donors (Lipinski definition) is 3. The van der Waals surface area contributed by atoms with Gasteiger partial charge < -0.3 is 21.5 Å². The molecule has 1 fully saturated rings. The highest BCUT2D eigenvalue weighted by atomic mass is 16.5. The number of carbonyl (C=O) groups excluding carboxylic acids is 2. The monoisotopic (exact) mass is 258 g/mol. The SMILES string of the molecule is COC(CN)C(=O)NC1CCN(CC(N)=O)CC1. The van der Waals surface area contributed by atoms with Crippen LogP contribution in [0.1, 0.15) is 12.8 Å². The number of hydrogen-bond acceptors (Lipinski definition) is 5. The van der Waals surface area contributed by atoms with Gasteiger partial charge in [0, 0.05) is 32.8 Å². The molecule has 5 N–H and O–H groups in total. The van der Waals surface area contributed by atoms with E-state index in [-0.39, 0.29) is 30.9 Å². The van der Waals surface area contributed by atoms with Crippen molar-refractivity contribution in [3.63, 3.8) is 0 Å². The lowest BCUT2D eigenvalue weighted by Gasteiger charge is -2.32. The summed E-state index contributed by atoms with van der Waals surface area (Å²) in [6.45, 7) is 1.97. The Kier molecular flexibility index (Phi) is 6.03. The second-order valence-electron chi connectivity index (χ2n) is 4.49. The minimum Gasteiger partial charge on any atom is -0.370 e. The molecule has 1 heterocycles. The van der Waals surface area contributed by atoms with Gasteiger partial charge in [-0.15, -0.1) is 0 Å². The van der Waals surface area contributed by atoms with E-state index in [4.69, 9.17) is 16.2 Å². The topological polar surface area (TPSA) is 111 Å². The number of piperidine rings is 1. The van der Waals surface area contributed by atoms with Crippen LogP contribution in [0.4, 0.5) is 0 Å². The van der Waals surface area contributed by atoms with Crippen LogP contribution < -0.4 is 16.8 Å². The summed E-state index contributed by atoms with van der Waals surface area (Å²) in [5.74, 6) is -0.492. The summed E-state index contributed by atoms with van der Waals surface area (Å²) >= 11 is 0. The van der Waals surface area contributed by atoms with Gasteiger partial charge in [-0.25, -0.2) is 0 Å². The Labute approximate surface area is 107 Å². The number of nitrogens with zero attached hydrogens (tertiary/aromatic N) is 1. The van der Waals surface area contributed by atoms with Crippen molar-refractivity contribution in [2.75, 3.05) is 33.3 Å². The van der Waals surface area contributed by atoms with Gasteiger partial charge in [0.2, 0.25) is 5.91 Å². The molecule has 1 saturated heterocycles. The van der Waals surface area contributed by atoms with Gasteiger partial charge in [-0.05, 0) is 12.8 Å². The Hall–Kier alpha value is -1.18. The zero-order chi connectivity index (χ0) is 13.5.